The first-order chi connectivity index (χ1) is 9.32. The van der Waals surface area contributed by atoms with E-state index < -0.39 is 5.97 Å². The van der Waals surface area contributed by atoms with Crippen LogP contribution in [0.15, 0.2) is 6.20 Å². The summed E-state index contributed by atoms with van der Waals surface area (Å²) in [5.41, 5.74) is 1.06. The van der Waals surface area contributed by atoms with Crippen molar-refractivity contribution in [2.24, 2.45) is 16.7 Å². The molecule has 0 spiro atoms. The molecule has 0 aromatic carbocycles. The number of aromatic carboxylic acids is 1. The van der Waals surface area contributed by atoms with Crippen molar-refractivity contribution < 1.29 is 9.90 Å². The van der Waals surface area contributed by atoms with Gasteiger partial charge in [0.05, 0.1) is 11.2 Å². The fraction of sp³-hybridized carbons (Fsp3) is 0.750. The molecule has 4 aliphatic carbocycles. The van der Waals surface area contributed by atoms with Crippen molar-refractivity contribution in [2.45, 2.75) is 57.8 Å². The van der Waals surface area contributed by atoms with Crippen molar-refractivity contribution in [3.63, 3.8) is 0 Å². The topological polar surface area (TPSA) is 50.2 Å². The van der Waals surface area contributed by atoms with Gasteiger partial charge in [-0.3, -0.25) is 0 Å². The van der Waals surface area contributed by atoms with Gasteiger partial charge in [0.15, 0.2) is 0 Å². The second-order valence-corrected chi connectivity index (χ2v) is 9.28. The summed E-state index contributed by atoms with van der Waals surface area (Å²) < 4.78 is 0. The van der Waals surface area contributed by atoms with Crippen molar-refractivity contribution in [3.05, 3.63) is 16.1 Å². The Morgan fingerprint density at radius 3 is 2.40 bits per heavy atom. The highest BCUT2D eigenvalue weighted by Crippen LogP contribution is 2.70. The lowest BCUT2D eigenvalue weighted by molar-refractivity contribution is -0.110. The Morgan fingerprint density at radius 1 is 1.25 bits per heavy atom. The van der Waals surface area contributed by atoms with Gasteiger partial charge in [-0.2, -0.15) is 0 Å². The highest BCUT2D eigenvalue weighted by Gasteiger charge is 2.61. The van der Waals surface area contributed by atoms with Gasteiger partial charge in [0, 0.05) is 5.41 Å². The Morgan fingerprint density at radius 2 is 1.90 bits per heavy atom. The van der Waals surface area contributed by atoms with Crippen LogP contribution in [0.4, 0.5) is 0 Å². The minimum atomic E-state index is -0.837. The van der Waals surface area contributed by atoms with Crippen LogP contribution in [0.5, 0.6) is 0 Å². The van der Waals surface area contributed by atoms with Gasteiger partial charge < -0.3 is 5.11 Å². The van der Waals surface area contributed by atoms with Crippen molar-refractivity contribution in [3.8, 4) is 0 Å². The molecule has 0 radical (unpaired) electrons. The lowest BCUT2D eigenvalue weighted by Gasteiger charge is -2.64. The SMILES string of the molecule is CC12CC3CC(C)(C1)CC(c1ncc(C(=O)O)s1)(C3)C2. The second kappa shape index (κ2) is 3.65. The van der Waals surface area contributed by atoms with Crippen LogP contribution in [0, 0.1) is 16.7 Å². The zero-order chi connectivity index (χ0) is 14.2. The van der Waals surface area contributed by atoms with Gasteiger partial charge in [-0.25, -0.2) is 9.78 Å². The predicted octanol–water partition coefficient (Wildman–Crippen LogP) is 4.09. The van der Waals surface area contributed by atoms with Crippen molar-refractivity contribution >= 4 is 17.3 Å². The van der Waals surface area contributed by atoms with Gasteiger partial charge >= 0.3 is 5.97 Å². The summed E-state index contributed by atoms with van der Waals surface area (Å²) in [6, 6.07) is 0. The Labute approximate surface area is 123 Å². The number of nitrogens with zero attached hydrogens (tertiary/aromatic N) is 1. The van der Waals surface area contributed by atoms with E-state index in [2.05, 4.69) is 18.8 Å². The number of rotatable bonds is 2. The van der Waals surface area contributed by atoms with Gasteiger partial charge in [0.2, 0.25) is 0 Å². The number of carboxylic acid groups (broad SMARTS) is 1. The first kappa shape index (κ1) is 12.8. The van der Waals surface area contributed by atoms with Gasteiger partial charge in [-0.05, 0) is 55.3 Å². The Bertz CT molecular complexity index is 575. The molecule has 2 atom stereocenters. The third-order valence-corrected chi connectivity index (χ3v) is 7.03. The van der Waals surface area contributed by atoms with Crippen molar-refractivity contribution in [1.82, 2.24) is 4.98 Å². The molecule has 4 aliphatic rings. The van der Waals surface area contributed by atoms with E-state index >= 15 is 0 Å². The lowest BCUT2D eigenvalue weighted by Crippen LogP contribution is -2.56. The number of aromatic nitrogens is 1. The van der Waals surface area contributed by atoms with Crippen LogP contribution in [0.2, 0.25) is 0 Å². The highest BCUT2D eigenvalue weighted by atomic mass is 32.1. The van der Waals surface area contributed by atoms with E-state index in [9.17, 15) is 4.79 Å². The minimum absolute atomic E-state index is 0.168. The monoisotopic (exact) mass is 291 g/mol. The molecular formula is C16H21NO2S. The summed E-state index contributed by atoms with van der Waals surface area (Å²) in [5.74, 6) is -0.0191. The van der Waals surface area contributed by atoms with Crippen LogP contribution in [-0.4, -0.2) is 16.1 Å². The second-order valence-electron chi connectivity index (χ2n) is 8.25. The predicted molar refractivity (Wildman–Crippen MR) is 78.2 cm³/mol. The van der Waals surface area contributed by atoms with E-state index in [0.29, 0.717) is 15.7 Å². The van der Waals surface area contributed by atoms with Gasteiger partial charge in [-0.15, -0.1) is 11.3 Å². The van der Waals surface area contributed by atoms with Crippen molar-refractivity contribution in [2.75, 3.05) is 0 Å². The van der Waals surface area contributed by atoms with E-state index in [1.807, 2.05) is 0 Å². The maximum atomic E-state index is 11.1. The van der Waals surface area contributed by atoms with E-state index in [1.165, 1.54) is 49.9 Å². The normalized spacial score (nSPS) is 45.8. The fourth-order valence-corrected chi connectivity index (χ4v) is 7.25. The Hall–Kier alpha value is -0.900. The van der Waals surface area contributed by atoms with E-state index in [-0.39, 0.29) is 5.41 Å². The summed E-state index contributed by atoms with van der Waals surface area (Å²) >= 11 is 1.42. The standard InChI is InChI=1S/C16H21NO2S/c1-14-3-10-4-15(2,7-14)9-16(5-10,8-14)13-17-6-11(20-13)12(18)19/h6,10H,3-5,7-9H2,1-2H3,(H,18,19). The van der Waals surface area contributed by atoms with Crippen LogP contribution in [0.1, 0.15) is 67.1 Å². The molecule has 5 rings (SSSR count). The largest absolute Gasteiger partial charge is 0.477 e. The van der Waals surface area contributed by atoms with Crippen LogP contribution in [0.25, 0.3) is 0 Å². The molecule has 4 bridgehead atoms. The average molecular weight is 291 g/mol. The molecule has 1 heterocycles. The van der Waals surface area contributed by atoms with E-state index in [4.69, 9.17) is 5.11 Å². The average Bonchev–Trinajstić information content (AvgIpc) is 2.72. The Kier molecular flexibility index (Phi) is 2.34. The smallest absolute Gasteiger partial charge is 0.347 e. The molecular weight excluding hydrogens is 270 g/mol. The quantitative estimate of drug-likeness (QED) is 0.893. The third-order valence-electron chi connectivity index (χ3n) is 5.80. The first-order valence-electron chi connectivity index (χ1n) is 7.51. The van der Waals surface area contributed by atoms with Crippen LogP contribution in [0.3, 0.4) is 0 Å². The van der Waals surface area contributed by atoms with Gasteiger partial charge in [0.1, 0.15) is 4.88 Å². The summed E-state index contributed by atoms with van der Waals surface area (Å²) in [6.07, 6.45) is 9.27. The zero-order valence-electron chi connectivity index (χ0n) is 12.1. The number of hydrogen-bond acceptors (Lipinski definition) is 3. The zero-order valence-corrected chi connectivity index (χ0v) is 12.9. The first-order valence-corrected chi connectivity index (χ1v) is 8.33. The summed E-state index contributed by atoms with van der Waals surface area (Å²) in [4.78, 5) is 16.1. The van der Waals surface area contributed by atoms with E-state index in [1.54, 1.807) is 6.20 Å². The maximum absolute atomic E-state index is 11.1. The molecule has 20 heavy (non-hydrogen) atoms. The molecule has 3 nitrogen and oxygen atoms in total. The van der Waals surface area contributed by atoms with Crippen molar-refractivity contribution in [1.29, 1.82) is 0 Å². The van der Waals surface area contributed by atoms with Gasteiger partial charge in [-0.1, -0.05) is 13.8 Å². The molecule has 1 aromatic rings. The Balaban J connectivity index is 1.78. The summed E-state index contributed by atoms with van der Waals surface area (Å²) in [6.45, 7) is 4.88. The number of thiazole rings is 1. The number of carbonyl (C=O) groups is 1. The molecule has 4 saturated carbocycles. The molecule has 2 unspecified atom stereocenters. The number of carboxylic acids is 1. The fourth-order valence-electron chi connectivity index (χ4n) is 6.30. The van der Waals surface area contributed by atoms with Gasteiger partial charge in [0.25, 0.3) is 0 Å². The molecule has 4 fully saturated rings. The van der Waals surface area contributed by atoms with E-state index in [0.717, 1.165) is 10.9 Å². The van der Waals surface area contributed by atoms with Crippen LogP contribution >= 0.6 is 11.3 Å². The lowest BCUT2D eigenvalue weighted by atomic mass is 9.40. The molecule has 108 valence electrons. The molecule has 0 aliphatic heterocycles. The molecule has 1 N–H and O–H groups in total. The minimum Gasteiger partial charge on any atom is -0.477 e. The van der Waals surface area contributed by atoms with Crippen LogP contribution in [-0.2, 0) is 5.41 Å². The summed E-state index contributed by atoms with van der Waals surface area (Å²) in [5, 5.41) is 10.2. The summed E-state index contributed by atoms with van der Waals surface area (Å²) in [7, 11) is 0. The molecule has 4 heteroatoms. The molecule has 0 amide bonds. The van der Waals surface area contributed by atoms with Crippen LogP contribution < -0.4 is 0 Å². The maximum Gasteiger partial charge on any atom is 0.347 e. The number of hydrogen-bond donors (Lipinski definition) is 1. The molecule has 1 aromatic heterocycles. The highest BCUT2D eigenvalue weighted by molar-refractivity contribution is 7.13. The molecule has 0 saturated heterocycles. The third kappa shape index (κ3) is 1.70.